The molecule has 2 aromatic rings. The summed E-state index contributed by atoms with van der Waals surface area (Å²) in [5.41, 5.74) is 1.37. The molecule has 0 aliphatic carbocycles. The summed E-state index contributed by atoms with van der Waals surface area (Å²) in [7, 11) is 1.60. The van der Waals surface area contributed by atoms with Crippen LogP contribution in [0.25, 0.3) is 0 Å². The van der Waals surface area contributed by atoms with Crippen LogP contribution >= 0.6 is 0 Å². The van der Waals surface area contributed by atoms with E-state index in [4.69, 9.17) is 9.47 Å². The lowest BCUT2D eigenvalue weighted by Crippen LogP contribution is -2.28. The Labute approximate surface area is 157 Å². The fraction of sp³-hybridized carbons (Fsp3) is 0.368. The van der Waals surface area contributed by atoms with Crippen LogP contribution in [0.15, 0.2) is 42.7 Å². The minimum Gasteiger partial charge on any atom is -0.475 e. The Kier molecular flexibility index (Phi) is 6.32. The fourth-order valence-electron chi connectivity index (χ4n) is 2.80. The van der Waals surface area contributed by atoms with Crippen LogP contribution in [0.4, 0.5) is 5.69 Å². The minimum absolute atomic E-state index is 0.0409. The summed E-state index contributed by atoms with van der Waals surface area (Å²) in [6.45, 7) is 1.68. The highest BCUT2D eigenvalue weighted by Crippen LogP contribution is 2.22. The zero-order valence-electron chi connectivity index (χ0n) is 15.1. The van der Waals surface area contributed by atoms with E-state index in [1.54, 1.807) is 30.3 Å². The molecule has 1 saturated heterocycles. The first-order valence-electron chi connectivity index (χ1n) is 8.72. The van der Waals surface area contributed by atoms with Gasteiger partial charge in [0.05, 0.1) is 36.6 Å². The van der Waals surface area contributed by atoms with Gasteiger partial charge < -0.3 is 19.7 Å². The van der Waals surface area contributed by atoms with E-state index in [0.29, 0.717) is 37.9 Å². The van der Waals surface area contributed by atoms with E-state index >= 15 is 0 Å². The van der Waals surface area contributed by atoms with Gasteiger partial charge in [-0.3, -0.25) is 14.6 Å². The highest BCUT2D eigenvalue weighted by atomic mass is 16.5. The monoisotopic (exact) mass is 370 g/mol. The van der Waals surface area contributed by atoms with E-state index in [9.17, 15) is 9.59 Å². The molecule has 1 fully saturated rings. The van der Waals surface area contributed by atoms with Gasteiger partial charge in [-0.25, -0.2) is 4.98 Å². The Bertz CT molecular complexity index is 767. The zero-order valence-corrected chi connectivity index (χ0v) is 15.1. The summed E-state index contributed by atoms with van der Waals surface area (Å²) in [5.74, 6) is -0.163. The number of hydrogen-bond donors (Lipinski definition) is 1. The van der Waals surface area contributed by atoms with Gasteiger partial charge in [-0.15, -0.1) is 0 Å². The van der Waals surface area contributed by atoms with Crippen LogP contribution in [-0.4, -0.2) is 53.6 Å². The van der Waals surface area contributed by atoms with E-state index in [1.807, 2.05) is 18.2 Å². The number of nitrogens with zero attached hydrogens (tertiary/aromatic N) is 3. The van der Waals surface area contributed by atoms with E-state index in [1.165, 1.54) is 6.20 Å². The van der Waals surface area contributed by atoms with Crippen LogP contribution in [0.5, 0.6) is 5.88 Å². The van der Waals surface area contributed by atoms with Gasteiger partial charge in [-0.2, -0.15) is 0 Å². The van der Waals surface area contributed by atoms with Crippen molar-refractivity contribution < 1.29 is 19.1 Å². The minimum atomic E-state index is -0.390. The van der Waals surface area contributed by atoms with Gasteiger partial charge in [0.25, 0.3) is 0 Å². The molecule has 27 heavy (non-hydrogen) atoms. The summed E-state index contributed by atoms with van der Waals surface area (Å²) >= 11 is 0. The van der Waals surface area contributed by atoms with Crippen LogP contribution in [0.2, 0.25) is 0 Å². The molecule has 142 valence electrons. The van der Waals surface area contributed by atoms with Crippen molar-refractivity contribution >= 4 is 17.5 Å². The SMILES string of the molecule is COCCOc1ccc(NC(=O)C2CC(=O)N(Cc3ccccn3)C2)cn1. The van der Waals surface area contributed by atoms with Crippen molar-refractivity contribution in [1.29, 1.82) is 0 Å². The van der Waals surface area contributed by atoms with Crippen molar-refractivity contribution in [3.63, 3.8) is 0 Å². The number of likely N-dealkylation sites (tertiary alicyclic amines) is 1. The zero-order chi connectivity index (χ0) is 19.1. The Balaban J connectivity index is 1.51. The first-order valence-corrected chi connectivity index (χ1v) is 8.72. The van der Waals surface area contributed by atoms with Gasteiger partial charge in [0.15, 0.2) is 0 Å². The molecular formula is C19H22N4O4. The first-order chi connectivity index (χ1) is 13.2. The van der Waals surface area contributed by atoms with Crippen molar-refractivity contribution in [2.45, 2.75) is 13.0 Å². The molecule has 0 aromatic carbocycles. The summed E-state index contributed by atoms with van der Waals surface area (Å²) in [5, 5.41) is 2.81. The van der Waals surface area contributed by atoms with Gasteiger partial charge in [-0.1, -0.05) is 6.07 Å². The summed E-state index contributed by atoms with van der Waals surface area (Å²) in [4.78, 5) is 34.7. The number of amides is 2. The number of methoxy groups -OCH3 is 1. The maximum atomic E-state index is 12.5. The van der Waals surface area contributed by atoms with Crippen molar-refractivity contribution in [1.82, 2.24) is 14.9 Å². The van der Waals surface area contributed by atoms with Crippen molar-refractivity contribution in [2.24, 2.45) is 5.92 Å². The summed E-state index contributed by atoms with van der Waals surface area (Å²) in [6, 6.07) is 8.97. The average Bonchev–Trinajstić information content (AvgIpc) is 3.05. The number of pyridine rings is 2. The molecule has 1 aliphatic rings. The molecule has 3 rings (SSSR count). The van der Waals surface area contributed by atoms with Gasteiger partial charge in [0.1, 0.15) is 6.61 Å². The van der Waals surface area contributed by atoms with Gasteiger partial charge in [0, 0.05) is 32.3 Å². The predicted octanol–water partition coefficient (Wildman–Crippen LogP) is 1.49. The van der Waals surface area contributed by atoms with E-state index in [0.717, 1.165) is 5.69 Å². The topological polar surface area (TPSA) is 93.6 Å². The fourth-order valence-corrected chi connectivity index (χ4v) is 2.80. The average molecular weight is 370 g/mol. The molecule has 1 atom stereocenters. The van der Waals surface area contributed by atoms with Crippen LogP contribution in [0.3, 0.4) is 0 Å². The van der Waals surface area contributed by atoms with Crippen LogP contribution in [0.1, 0.15) is 12.1 Å². The van der Waals surface area contributed by atoms with E-state index in [-0.39, 0.29) is 24.2 Å². The molecular weight excluding hydrogens is 348 g/mol. The number of aromatic nitrogens is 2. The second-order valence-corrected chi connectivity index (χ2v) is 6.21. The molecule has 8 heteroatoms. The second-order valence-electron chi connectivity index (χ2n) is 6.21. The standard InChI is InChI=1S/C19H22N4O4/c1-26-8-9-27-17-6-5-15(11-21-17)22-19(25)14-10-18(24)23(12-14)13-16-4-2-3-7-20-16/h2-7,11,14H,8-10,12-13H2,1H3,(H,22,25). The van der Waals surface area contributed by atoms with Gasteiger partial charge in [0.2, 0.25) is 17.7 Å². The highest BCUT2D eigenvalue weighted by molar-refractivity contribution is 5.97. The van der Waals surface area contributed by atoms with Crippen LogP contribution in [0, 0.1) is 5.92 Å². The van der Waals surface area contributed by atoms with E-state index < -0.39 is 0 Å². The molecule has 0 radical (unpaired) electrons. The number of ether oxygens (including phenoxy) is 2. The Hall–Kier alpha value is -3.00. The highest BCUT2D eigenvalue weighted by Gasteiger charge is 2.34. The van der Waals surface area contributed by atoms with Crippen molar-refractivity contribution in [3.05, 3.63) is 48.4 Å². The third-order valence-electron chi connectivity index (χ3n) is 4.21. The lowest BCUT2D eigenvalue weighted by atomic mass is 10.1. The summed E-state index contributed by atoms with van der Waals surface area (Å²) in [6.07, 6.45) is 3.42. The lowest BCUT2D eigenvalue weighted by molar-refractivity contribution is -0.128. The molecule has 1 unspecified atom stereocenters. The Morgan fingerprint density at radius 1 is 1.26 bits per heavy atom. The van der Waals surface area contributed by atoms with Crippen molar-refractivity contribution in [3.8, 4) is 5.88 Å². The third kappa shape index (κ3) is 5.24. The number of carbonyl (C=O) groups is 2. The second kappa shape index (κ2) is 9.09. The number of rotatable bonds is 8. The maximum absolute atomic E-state index is 12.5. The summed E-state index contributed by atoms with van der Waals surface area (Å²) < 4.78 is 10.3. The molecule has 2 aromatic heterocycles. The van der Waals surface area contributed by atoms with Gasteiger partial charge in [-0.05, 0) is 18.2 Å². The number of carbonyl (C=O) groups excluding carboxylic acids is 2. The molecule has 3 heterocycles. The third-order valence-corrected chi connectivity index (χ3v) is 4.21. The molecule has 2 amide bonds. The molecule has 1 N–H and O–H groups in total. The first kappa shape index (κ1) is 18.8. The number of anilines is 1. The predicted molar refractivity (Wildman–Crippen MR) is 98.0 cm³/mol. The molecule has 8 nitrogen and oxygen atoms in total. The molecule has 0 spiro atoms. The van der Waals surface area contributed by atoms with Gasteiger partial charge >= 0.3 is 0 Å². The number of nitrogens with one attached hydrogen (secondary N) is 1. The normalized spacial score (nSPS) is 16.4. The van der Waals surface area contributed by atoms with Crippen LogP contribution in [-0.2, 0) is 20.9 Å². The van der Waals surface area contributed by atoms with Crippen LogP contribution < -0.4 is 10.1 Å². The lowest BCUT2D eigenvalue weighted by Gasteiger charge is -2.16. The van der Waals surface area contributed by atoms with Crippen molar-refractivity contribution in [2.75, 3.05) is 32.2 Å². The Morgan fingerprint density at radius 2 is 2.15 bits per heavy atom. The molecule has 1 aliphatic heterocycles. The maximum Gasteiger partial charge on any atom is 0.229 e. The largest absolute Gasteiger partial charge is 0.475 e. The number of hydrogen-bond acceptors (Lipinski definition) is 6. The quantitative estimate of drug-likeness (QED) is 0.708. The molecule has 0 bridgehead atoms. The smallest absolute Gasteiger partial charge is 0.229 e. The molecule has 0 saturated carbocycles. The Morgan fingerprint density at radius 3 is 2.85 bits per heavy atom. The van der Waals surface area contributed by atoms with E-state index in [2.05, 4.69) is 15.3 Å².